The van der Waals surface area contributed by atoms with Gasteiger partial charge in [-0.05, 0) is 33.7 Å². The van der Waals surface area contributed by atoms with Crippen molar-refractivity contribution in [3.8, 4) is 0 Å². The lowest BCUT2D eigenvalue weighted by Crippen LogP contribution is -2.73. The van der Waals surface area contributed by atoms with Gasteiger partial charge in [0.15, 0.2) is 6.10 Å². The second kappa shape index (κ2) is 12.3. The van der Waals surface area contributed by atoms with Crippen molar-refractivity contribution in [3.63, 3.8) is 0 Å². The van der Waals surface area contributed by atoms with E-state index in [9.17, 15) is 18.6 Å². The number of fused-ring (bicyclic) bond motifs is 1. The highest BCUT2D eigenvalue weighted by molar-refractivity contribution is 7.86. The highest BCUT2D eigenvalue weighted by Crippen LogP contribution is 2.38. The second-order valence-corrected chi connectivity index (χ2v) is 12.7. The van der Waals surface area contributed by atoms with Crippen LogP contribution in [-0.4, -0.2) is 44.1 Å². The van der Waals surface area contributed by atoms with Gasteiger partial charge in [-0.3, -0.25) is 18.7 Å². The van der Waals surface area contributed by atoms with Gasteiger partial charge in [-0.25, -0.2) is 4.79 Å². The lowest BCUT2D eigenvalue weighted by Gasteiger charge is -2.49. The number of ether oxygens (including phenoxy) is 1. The molecule has 42 heavy (non-hydrogen) atoms. The molecule has 3 atom stereocenters. The van der Waals surface area contributed by atoms with Gasteiger partial charge in [-0.15, -0.1) is 11.3 Å². The van der Waals surface area contributed by atoms with Crippen LogP contribution in [0.25, 0.3) is 0 Å². The first kappa shape index (κ1) is 27.8. The number of hydrogen-bond donors (Lipinski definition) is 1. The highest BCUT2D eigenvalue weighted by Gasteiger charge is 2.57. The predicted octanol–water partition coefficient (Wildman–Crippen LogP) is 4.54. The molecule has 1 saturated heterocycles. The molecule has 0 bridgehead atoms. The first-order valence-electron chi connectivity index (χ1n) is 13.6. The molecule has 4 aromatic rings. The zero-order valence-electron chi connectivity index (χ0n) is 22.6. The molecule has 2 aliphatic rings. The van der Waals surface area contributed by atoms with Crippen molar-refractivity contribution in [2.75, 3.05) is 5.75 Å². The first-order chi connectivity index (χ1) is 20.5. The maximum absolute atomic E-state index is 14.0. The van der Waals surface area contributed by atoms with Gasteiger partial charge in [0, 0.05) is 17.1 Å². The molecule has 0 radical (unpaired) electrons. The van der Waals surface area contributed by atoms with Gasteiger partial charge in [0.1, 0.15) is 17.1 Å². The number of thiophene rings is 1. The molecular weight excluding hydrogens is 569 g/mol. The number of amides is 2. The Kier molecular flexibility index (Phi) is 8.12. The number of rotatable bonds is 9. The summed E-state index contributed by atoms with van der Waals surface area (Å²) in [6.45, 7) is 0. The smallest absolute Gasteiger partial charge is 0.356 e. The van der Waals surface area contributed by atoms with Crippen LogP contribution in [0.3, 0.4) is 0 Å². The van der Waals surface area contributed by atoms with E-state index in [2.05, 4.69) is 5.32 Å². The molecule has 1 aromatic heterocycles. The molecular formula is C33H28N2O5S2. The van der Waals surface area contributed by atoms with Gasteiger partial charge in [-0.2, -0.15) is 0 Å². The van der Waals surface area contributed by atoms with Crippen LogP contribution in [0.1, 0.15) is 27.7 Å². The van der Waals surface area contributed by atoms with Gasteiger partial charge >= 0.3 is 5.97 Å². The zero-order chi connectivity index (χ0) is 29.1. The average molecular weight is 597 g/mol. The summed E-state index contributed by atoms with van der Waals surface area (Å²) in [5.74, 6) is -1.38. The summed E-state index contributed by atoms with van der Waals surface area (Å²) in [6, 6.07) is 30.9. The molecule has 0 saturated carbocycles. The van der Waals surface area contributed by atoms with E-state index in [1.807, 2.05) is 109 Å². The van der Waals surface area contributed by atoms with E-state index in [-0.39, 0.29) is 23.8 Å². The van der Waals surface area contributed by atoms with Crippen molar-refractivity contribution >= 4 is 39.9 Å². The Hall–Kier alpha value is -4.34. The molecule has 1 fully saturated rings. The van der Waals surface area contributed by atoms with E-state index in [0.29, 0.717) is 12.0 Å². The third kappa shape index (κ3) is 5.70. The Labute approximate surface area is 250 Å². The van der Waals surface area contributed by atoms with Crippen molar-refractivity contribution in [2.45, 2.75) is 30.4 Å². The summed E-state index contributed by atoms with van der Waals surface area (Å²) in [6.07, 6.45) is -0.246. The van der Waals surface area contributed by atoms with Crippen LogP contribution in [0.2, 0.25) is 0 Å². The van der Waals surface area contributed by atoms with Crippen molar-refractivity contribution in [2.24, 2.45) is 0 Å². The number of esters is 1. The molecule has 2 amide bonds. The standard InChI is InChI=1S/C33H28N2O5S2/c36-27(19-22-11-4-1-5-12-22)34-28-31(37)35-29(25(21-42(39)32(28)35)20-26-17-10-18-41-26)33(38)40-30(23-13-6-2-7-14-23)24-15-8-3-9-16-24/h1-18,28,30,32H,19-21H2,(H,34,36)/t28-,32-,42?/m1/s1. The zero-order valence-corrected chi connectivity index (χ0v) is 24.2. The molecule has 9 heteroatoms. The number of carbonyl (C=O) groups is 3. The molecule has 0 spiro atoms. The molecule has 2 aliphatic heterocycles. The van der Waals surface area contributed by atoms with E-state index in [4.69, 9.17) is 4.74 Å². The maximum Gasteiger partial charge on any atom is 0.356 e. The summed E-state index contributed by atoms with van der Waals surface area (Å²) >= 11 is 1.52. The van der Waals surface area contributed by atoms with Gasteiger partial charge in [0.25, 0.3) is 5.91 Å². The largest absolute Gasteiger partial charge is 0.448 e. The van der Waals surface area contributed by atoms with Gasteiger partial charge < -0.3 is 10.1 Å². The summed E-state index contributed by atoms with van der Waals surface area (Å²) in [4.78, 5) is 42.7. The quantitative estimate of drug-likeness (QED) is 0.226. The SMILES string of the molecule is O=C(Cc1ccccc1)N[C@@H]1C(=O)N2C(C(=O)OC(c3ccccc3)c3ccccc3)=C(Cc3cccs3)CS(=O)[C@H]12. The average Bonchev–Trinajstić information content (AvgIpc) is 3.53. The van der Waals surface area contributed by atoms with E-state index >= 15 is 0 Å². The molecule has 3 aromatic carbocycles. The second-order valence-electron chi connectivity index (χ2n) is 10.1. The minimum atomic E-state index is -1.53. The Balaban J connectivity index is 1.30. The third-order valence-electron chi connectivity index (χ3n) is 7.32. The van der Waals surface area contributed by atoms with Gasteiger partial charge in [0.05, 0.1) is 17.2 Å². The normalized spacial score (nSPS) is 19.7. The first-order valence-corrected chi connectivity index (χ1v) is 15.8. The van der Waals surface area contributed by atoms with Crippen molar-refractivity contribution in [1.82, 2.24) is 10.2 Å². The van der Waals surface area contributed by atoms with Crippen LogP contribution in [0.15, 0.2) is 120 Å². The topological polar surface area (TPSA) is 92.8 Å². The van der Waals surface area contributed by atoms with E-state index in [1.165, 1.54) is 16.2 Å². The lowest BCUT2D eigenvalue weighted by molar-refractivity contribution is -0.154. The molecule has 212 valence electrons. The summed E-state index contributed by atoms with van der Waals surface area (Å²) in [7, 11) is -1.53. The summed E-state index contributed by atoms with van der Waals surface area (Å²) in [5, 5.41) is 3.85. The summed E-state index contributed by atoms with van der Waals surface area (Å²) < 4.78 is 19.7. The number of nitrogens with zero attached hydrogens (tertiary/aromatic N) is 1. The molecule has 1 unspecified atom stereocenters. The number of β-lactam (4-membered cyclic amide) rings is 1. The number of carbonyl (C=O) groups excluding carboxylic acids is 3. The molecule has 0 aliphatic carbocycles. The fourth-order valence-corrected chi connectivity index (χ4v) is 7.79. The summed E-state index contributed by atoms with van der Waals surface area (Å²) in [5.41, 5.74) is 3.07. The highest BCUT2D eigenvalue weighted by atomic mass is 32.2. The van der Waals surface area contributed by atoms with E-state index in [1.54, 1.807) is 0 Å². The van der Waals surface area contributed by atoms with Crippen molar-refractivity contribution in [3.05, 3.63) is 141 Å². The van der Waals surface area contributed by atoms with Crippen LogP contribution in [0, 0.1) is 0 Å². The fourth-order valence-electron chi connectivity index (χ4n) is 5.35. The van der Waals surface area contributed by atoms with Crippen LogP contribution < -0.4 is 5.32 Å². The third-order valence-corrected chi connectivity index (χ3v) is 9.85. The number of nitrogens with one attached hydrogen (secondary N) is 1. The van der Waals surface area contributed by atoms with Crippen LogP contribution in [0.4, 0.5) is 0 Å². The van der Waals surface area contributed by atoms with Crippen molar-refractivity contribution < 1.29 is 23.3 Å². The van der Waals surface area contributed by atoms with Crippen molar-refractivity contribution in [1.29, 1.82) is 0 Å². The van der Waals surface area contributed by atoms with E-state index in [0.717, 1.165) is 21.6 Å². The predicted molar refractivity (Wildman–Crippen MR) is 162 cm³/mol. The lowest BCUT2D eigenvalue weighted by atomic mass is 9.99. The Morgan fingerprint density at radius 2 is 1.52 bits per heavy atom. The Bertz CT molecular complexity index is 1600. The Morgan fingerprint density at radius 3 is 2.12 bits per heavy atom. The fraction of sp³-hybridized carbons (Fsp3) is 0.182. The molecule has 1 N–H and O–H groups in total. The number of hydrogen-bond acceptors (Lipinski definition) is 6. The Morgan fingerprint density at radius 1 is 0.905 bits per heavy atom. The minimum absolute atomic E-state index is 0.0914. The monoisotopic (exact) mass is 596 g/mol. The molecule has 3 heterocycles. The van der Waals surface area contributed by atoms with Crippen LogP contribution in [-0.2, 0) is 42.8 Å². The molecule has 6 rings (SSSR count). The number of benzene rings is 3. The maximum atomic E-state index is 14.0. The minimum Gasteiger partial charge on any atom is -0.448 e. The van der Waals surface area contributed by atoms with Crippen LogP contribution in [0.5, 0.6) is 0 Å². The van der Waals surface area contributed by atoms with E-state index < -0.39 is 40.2 Å². The van der Waals surface area contributed by atoms with Gasteiger partial charge in [0.2, 0.25) is 5.91 Å². The molecule has 7 nitrogen and oxygen atoms in total. The van der Waals surface area contributed by atoms with Crippen LogP contribution >= 0.6 is 11.3 Å². The van der Waals surface area contributed by atoms with Gasteiger partial charge in [-0.1, -0.05) is 97.1 Å².